The lowest BCUT2D eigenvalue weighted by molar-refractivity contribution is -0.117. The molecular formula is C30H25FN6O3. The van der Waals surface area contributed by atoms with Gasteiger partial charge in [0.2, 0.25) is 5.95 Å². The minimum absolute atomic E-state index is 0.0713. The van der Waals surface area contributed by atoms with Gasteiger partial charge in [0.15, 0.2) is 5.65 Å². The number of ketones is 1. The van der Waals surface area contributed by atoms with Gasteiger partial charge in [0.1, 0.15) is 24.0 Å². The number of ether oxygens (including phenoxy) is 1. The number of fused-ring (bicyclic) bond motifs is 1. The molecule has 0 bridgehead atoms. The molecule has 0 aliphatic carbocycles. The molecule has 0 radical (unpaired) electrons. The number of carbonyl (C=O) groups is 2. The molecule has 0 saturated carbocycles. The van der Waals surface area contributed by atoms with Gasteiger partial charge in [-0.3, -0.25) is 9.69 Å². The number of nitrogens with zero attached hydrogens (tertiary/aromatic N) is 5. The summed E-state index contributed by atoms with van der Waals surface area (Å²) >= 11 is 0. The third-order valence-corrected chi connectivity index (χ3v) is 6.71. The van der Waals surface area contributed by atoms with E-state index < -0.39 is 6.09 Å². The Morgan fingerprint density at radius 3 is 2.38 bits per heavy atom. The maximum absolute atomic E-state index is 13.1. The first-order chi connectivity index (χ1) is 19.4. The number of cyclic esters (lactones) is 1. The number of anilines is 3. The summed E-state index contributed by atoms with van der Waals surface area (Å²) in [6, 6.07) is 19.5. The highest BCUT2D eigenvalue weighted by atomic mass is 19.1. The van der Waals surface area contributed by atoms with Crippen LogP contribution in [0.3, 0.4) is 0 Å². The van der Waals surface area contributed by atoms with E-state index in [4.69, 9.17) is 4.74 Å². The van der Waals surface area contributed by atoms with Gasteiger partial charge in [-0.25, -0.2) is 18.7 Å². The minimum Gasteiger partial charge on any atom is -0.447 e. The van der Waals surface area contributed by atoms with Crippen LogP contribution in [0, 0.1) is 12.7 Å². The molecule has 5 aromatic rings. The predicted molar refractivity (Wildman–Crippen MR) is 148 cm³/mol. The van der Waals surface area contributed by atoms with Crippen molar-refractivity contribution in [3.8, 4) is 11.1 Å². The fraction of sp³-hybridized carbons (Fsp3) is 0.167. The smallest absolute Gasteiger partial charge is 0.415 e. The molecule has 1 aliphatic rings. The number of pyridine rings is 2. The molecule has 200 valence electrons. The number of amides is 1. The lowest BCUT2D eigenvalue weighted by atomic mass is 10.0. The third kappa shape index (κ3) is 5.37. The highest BCUT2D eigenvalue weighted by Crippen LogP contribution is 2.25. The van der Waals surface area contributed by atoms with E-state index >= 15 is 0 Å². The molecule has 6 rings (SSSR count). The van der Waals surface area contributed by atoms with Gasteiger partial charge in [0.25, 0.3) is 0 Å². The van der Waals surface area contributed by atoms with Crippen LogP contribution in [0.2, 0.25) is 0 Å². The Morgan fingerprint density at radius 2 is 1.70 bits per heavy atom. The summed E-state index contributed by atoms with van der Waals surface area (Å²) < 4.78 is 19.8. The van der Waals surface area contributed by atoms with Crippen LogP contribution in [0.25, 0.3) is 16.8 Å². The van der Waals surface area contributed by atoms with Gasteiger partial charge in [-0.15, -0.1) is 5.10 Å². The average molecular weight is 537 g/mol. The van der Waals surface area contributed by atoms with Crippen LogP contribution in [0.1, 0.15) is 16.7 Å². The Kier molecular flexibility index (Phi) is 6.65. The van der Waals surface area contributed by atoms with Crippen LogP contribution < -0.4 is 10.2 Å². The molecule has 2 aromatic carbocycles. The van der Waals surface area contributed by atoms with E-state index in [2.05, 4.69) is 20.4 Å². The number of benzene rings is 2. The van der Waals surface area contributed by atoms with Crippen molar-refractivity contribution >= 4 is 35.0 Å². The second-order valence-corrected chi connectivity index (χ2v) is 9.62. The molecule has 9 nitrogen and oxygen atoms in total. The first-order valence-corrected chi connectivity index (χ1v) is 12.8. The number of hydrogen-bond acceptors (Lipinski definition) is 7. The van der Waals surface area contributed by atoms with Gasteiger partial charge in [-0.1, -0.05) is 36.4 Å². The lowest BCUT2D eigenvalue weighted by Crippen LogP contribution is -2.24. The summed E-state index contributed by atoms with van der Waals surface area (Å²) in [6.45, 7) is 2.75. The topological polar surface area (TPSA) is 102 Å². The van der Waals surface area contributed by atoms with E-state index in [1.165, 1.54) is 17.0 Å². The molecule has 1 aliphatic heterocycles. The Labute approximate surface area is 229 Å². The number of nitrogens with one attached hydrogen (secondary N) is 1. The lowest BCUT2D eigenvalue weighted by Gasteiger charge is -2.13. The van der Waals surface area contributed by atoms with Crippen molar-refractivity contribution in [1.82, 2.24) is 19.6 Å². The summed E-state index contributed by atoms with van der Waals surface area (Å²) in [4.78, 5) is 34.7. The van der Waals surface area contributed by atoms with Crippen LogP contribution in [0.4, 0.5) is 26.6 Å². The van der Waals surface area contributed by atoms with E-state index in [0.29, 0.717) is 37.0 Å². The largest absolute Gasteiger partial charge is 0.447 e. The second kappa shape index (κ2) is 10.6. The SMILES string of the molecule is Cc1cc(N2CCOC2=O)ncc1Nc1nc2ccc(-c3ccc(CC(=O)Cc4ccc(F)cc4)cc3)cn2n1. The number of aryl methyl sites for hydroxylation is 1. The average Bonchev–Trinajstić information content (AvgIpc) is 3.56. The van der Waals surface area contributed by atoms with Crippen LogP contribution in [-0.2, 0) is 22.4 Å². The Morgan fingerprint density at radius 1 is 1.00 bits per heavy atom. The molecular weight excluding hydrogens is 511 g/mol. The van der Waals surface area contributed by atoms with Crippen molar-refractivity contribution in [3.05, 3.63) is 102 Å². The molecule has 1 N–H and O–H groups in total. The molecule has 0 spiro atoms. The number of halogens is 1. The van der Waals surface area contributed by atoms with Gasteiger partial charge in [0, 0.05) is 24.6 Å². The van der Waals surface area contributed by atoms with Crippen LogP contribution >= 0.6 is 0 Å². The van der Waals surface area contributed by atoms with Gasteiger partial charge in [-0.05, 0) is 59.5 Å². The van der Waals surface area contributed by atoms with Crippen molar-refractivity contribution in [3.63, 3.8) is 0 Å². The maximum atomic E-state index is 13.1. The molecule has 3 aromatic heterocycles. The van der Waals surface area contributed by atoms with Gasteiger partial charge < -0.3 is 10.1 Å². The molecule has 0 atom stereocenters. The summed E-state index contributed by atoms with van der Waals surface area (Å²) in [5, 5.41) is 7.77. The van der Waals surface area contributed by atoms with Crippen molar-refractivity contribution in [2.24, 2.45) is 0 Å². The van der Waals surface area contributed by atoms with E-state index in [1.54, 1.807) is 22.8 Å². The van der Waals surface area contributed by atoms with Crippen LogP contribution in [0.15, 0.2) is 79.1 Å². The molecule has 10 heteroatoms. The number of Topliss-reactive ketones (excluding diaryl/α,β-unsaturated/α-hetero) is 1. The fourth-order valence-electron chi connectivity index (χ4n) is 4.58. The van der Waals surface area contributed by atoms with Gasteiger partial charge >= 0.3 is 6.09 Å². The zero-order valence-corrected chi connectivity index (χ0v) is 21.7. The zero-order valence-electron chi connectivity index (χ0n) is 21.7. The van der Waals surface area contributed by atoms with Crippen LogP contribution in [-0.4, -0.2) is 44.6 Å². The Balaban J connectivity index is 1.13. The normalized spacial score (nSPS) is 13.1. The summed E-state index contributed by atoms with van der Waals surface area (Å²) in [5.41, 5.74) is 5.95. The van der Waals surface area contributed by atoms with E-state index in [-0.39, 0.29) is 18.0 Å². The monoisotopic (exact) mass is 536 g/mol. The van der Waals surface area contributed by atoms with Gasteiger partial charge in [-0.2, -0.15) is 4.98 Å². The van der Waals surface area contributed by atoms with Crippen molar-refractivity contribution < 1.29 is 18.7 Å². The molecule has 0 unspecified atom stereocenters. The third-order valence-electron chi connectivity index (χ3n) is 6.71. The highest BCUT2D eigenvalue weighted by Gasteiger charge is 2.25. The summed E-state index contributed by atoms with van der Waals surface area (Å²) in [6.07, 6.45) is 3.74. The first kappa shape index (κ1) is 25.2. The molecule has 1 saturated heterocycles. The number of hydrogen-bond donors (Lipinski definition) is 1. The maximum Gasteiger partial charge on any atom is 0.415 e. The van der Waals surface area contributed by atoms with E-state index in [1.807, 2.05) is 55.6 Å². The van der Waals surface area contributed by atoms with Crippen molar-refractivity contribution in [2.75, 3.05) is 23.4 Å². The fourth-order valence-corrected chi connectivity index (χ4v) is 4.58. The molecule has 1 fully saturated rings. The highest BCUT2D eigenvalue weighted by molar-refractivity contribution is 5.88. The molecule has 4 heterocycles. The summed E-state index contributed by atoms with van der Waals surface area (Å²) in [5.74, 6) is 0.725. The Hall–Kier alpha value is -5.12. The number of aromatic nitrogens is 4. The first-order valence-electron chi connectivity index (χ1n) is 12.8. The van der Waals surface area contributed by atoms with E-state index in [9.17, 15) is 14.0 Å². The minimum atomic E-state index is -0.393. The summed E-state index contributed by atoms with van der Waals surface area (Å²) in [7, 11) is 0. The second-order valence-electron chi connectivity index (χ2n) is 9.62. The van der Waals surface area contributed by atoms with Crippen molar-refractivity contribution in [1.29, 1.82) is 0 Å². The Bertz CT molecular complexity index is 1720. The van der Waals surface area contributed by atoms with Crippen molar-refractivity contribution in [2.45, 2.75) is 19.8 Å². The number of carbonyl (C=O) groups excluding carboxylic acids is 2. The van der Waals surface area contributed by atoms with E-state index in [0.717, 1.165) is 33.5 Å². The quantitative estimate of drug-likeness (QED) is 0.287. The van der Waals surface area contributed by atoms with Gasteiger partial charge in [0.05, 0.1) is 18.4 Å². The predicted octanol–water partition coefficient (Wildman–Crippen LogP) is 5.29. The standard InChI is InChI=1S/C30H25FN6O3/c1-19-14-28(36-12-13-40-30(36)39)32-17-26(19)33-29-34-27-11-8-23(18-37(27)35-29)22-6-2-20(3-7-22)15-25(38)16-21-4-9-24(31)10-5-21/h2-11,14,17-18H,12-13,15-16H2,1H3,(H,33,35). The molecule has 1 amide bonds. The zero-order chi connectivity index (χ0) is 27.6. The molecule has 40 heavy (non-hydrogen) atoms. The van der Waals surface area contributed by atoms with Crippen LogP contribution in [0.5, 0.6) is 0 Å². The number of rotatable bonds is 8.